The minimum Gasteiger partial charge on any atom is -0.392 e. The molecule has 0 aliphatic rings. The van der Waals surface area contributed by atoms with Gasteiger partial charge in [0.05, 0.1) is 22.8 Å². The quantitative estimate of drug-likeness (QED) is 0.904. The number of rotatable bonds is 4. The number of halogens is 1. The van der Waals surface area contributed by atoms with Gasteiger partial charge in [0.2, 0.25) is 0 Å². The van der Waals surface area contributed by atoms with Crippen molar-refractivity contribution >= 4 is 15.7 Å². The van der Waals surface area contributed by atoms with Gasteiger partial charge in [-0.2, -0.15) is 5.26 Å². The molecule has 0 unspecified atom stereocenters. The molecule has 0 aliphatic heterocycles. The number of aliphatic hydroxyl groups is 1. The molecule has 2 rings (SSSR count). The second-order valence-electron chi connectivity index (χ2n) is 4.17. The van der Waals surface area contributed by atoms with Crippen LogP contribution in [0.4, 0.5) is 10.1 Å². The molecule has 0 heterocycles. The van der Waals surface area contributed by atoms with Crippen LogP contribution in [-0.2, 0) is 16.6 Å². The first-order chi connectivity index (χ1) is 9.97. The Bertz CT molecular complexity index is 813. The van der Waals surface area contributed by atoms with Crippen molar-refractivity contribution < 1.29 is 17.9 Å². The molecular formula is C14H11FN2O3S. The fraction of sp³-hybridized carbons (Fsp3) is 0.0714. The van der Waals surface area contributed by atoms with E-state index in [1.54, 1.807) is 24.3 Å². The fourth-order valence-electron chi connectivity index (χ4n) is 1.72. The van der Waals surface area contributed by atoms with Crippen LogP contribution in [0.3, 0.4) is 0 Å². The molecule has 5 nitrogen and oxygen atoms in total. The Morgan fingerprint density at radius 2 is 1.95 bits per heavy atom. The molecule has 0 spiro atoms. The largest absolute Gasteiger partial charge is 0.392 e. The number of nitrogens with zero attached hydrogens (tertiary/aromatic N) is 1. The Kier molecular flexibility index (Phi) is 4.21. The summed E-state index contributed by atoms with van der Waals surface area (Å²) in [6, 6.07) is 10.9. The molecular weight excluding hydrogens is 295 g/mol. The average molecular weight is 306 g/mol. The molecule has 0 amide bonds. The second kappa shape index (κ2) is 5.91. The highest BCUT2D eigenvalue weighted by atomic mass is 32.2. The van der Waals surface area contributed by atoms with Crippen LogP contribution < -0.4 is 4.72 Å². The highest BCUT2D eigenvalue weighted by molar-refractivity contribution is 7.92. The number of nitriles is 1. The Morgan fingerprint density at radius 3 is 2.62 bits per heavy atom. The lowest BCUT2D eigenvalue weighted by molar-refractivity contribution is 0.282. The SMILES string of the molecule is N#Cc1cc(S(=O)(=O)Nc2ccccc2CO)ccc1F. The van der Waals surface area contributed by atoms with Crippen LogP contribution in [0, 0.1) is 17.1 Å². The van der Waals surface area contributed by atoms with E-state index in [1.807, 2.05) is 0 Å². The highest BCUT2D eigenvalue weighted by Crippen LogP contribution is 2.21. The molecule has 0 aliphatic carbocycles. The molecule has 21 heavy (non-hydrogen) atoms. The molecule has 2 aromatic carbocycles. The maximum Gasteiger partial charge on any atom is 0.261 e. The standard InChI is InChI=1S/C14H11FN2O3S/c15-13-6-5-12(7-11(13)8-16)21(19,20)17-14-4-2-1-3-10(14)9-18/h1-7,17-18H,9H2. The van der Waals surface area contributed by atoms with Gasteiger partial charge < -0.3 is 5.11 Å². The van der Waals surface area contributed by atoms with E-state index in [9.17, 15) is 17.9 Å². The molecule has 0 bridgehead atoms. The number of nitrogens with one attached hydrogen (secondary N) is 1. The fourth-order valence-corrected chi connectivity index (χ4v) is 2.85. The van der Waals surface area contributed by atoms with E-state index < -0.39 is 15.8 Å². The molecule has 108 valence electrons. The molecule has 7 heteroatoms. The van der Waals surface area contributed by atoms with Gasteiger partial charge in [-0.15, -0.1) is 0 Å². The van der Waals surface area contributed by atoms with Gasteiger partial charge in [0.1, 0.15) is 11.9 Å². The monoisotopic (exact) mass is 306 g/mol. The van der Waals surface area contributed by atoms with Gasteiger partial charge in [-0.05, 0) is 24.3 Å². The van der Waals surface area contributed by atoms with E-state index in [0.29, 0.717) is 5.56 Å². The van der Waals surface area contributed by atoms with Crippen LogP contribution in [0.2, 0.25) is 0 Å². The second-order valence-corrected chi connectivity index (χ2v) is 5.86. The number of hydrogen-bond acceptors (Lipinski definition) is 4. The zero-order valence-electron chi connectivity index (χ0n) is 10.7. The molecule has 0 aromatic heterocycles. The van der Waals surface area contributed by atoms with Crippen molar-refractivity contribution in [3.8, 4) is 6.07 Å². The van der Waals surface area contributed by atoms with Crippen molar-refractivity contribution in [1.29, 1.82) is 5.26 Å². The van der Waals surface area contributed by atoms with Crippen LogP contribution >= 0.6 is 0 Å². The van der Waals surface area contributed by atoms with Gasteiger partial charge >= 0.3 is 0 Å². The topological polar surface area (TPSA) is 90.2 Å². The van der Waals surface area contributed by atoms with Crippen molar-refractivity contribution in [2.45, 2.75) is 11.5 Å². The summed E-state index contributed by atoms with van der Waals surface area (Å²) in [5.41, 5.74) is 0.278. The van der Waals surface area contributed by atoms with Crippen molar-refractivity contribution in [2.24, 2.45) is 0 Å². The Morgan fingerprint density at radius 1 is 1.24 bits per heavy atom. The predicted molar refractivity (Wildman–Crippen MR) is 74.3 cm³/mol. The summed E-state index contributed by atoms with van der Waals surface area (Å²) in [5, 5.41) is 17.9. The summed E-state index contributed by atoms with van der Waals surface area (Å²) in [5.74, 6) is -0.785. The number of anilines is 1. The van der Waals surface area contributed by atoms with Gasteiger partial charge in [0, 0.05) is 5.56 Å². The summed E-state index contributed by atoms with van der Waals surface area (Å²) in [6.45, 7) is -0.328. The van der Waals surface area contributed by atoms with Crippen molar-refractivity contribution in [3.05, 3.63) is 59.4 Å². The van der Waals surface area contributed by atoms with Crippen molar-refractivity contribution in [2.75, 3.05) is 4.72 Å². The Hall–Kier alpha value is -2.43. The minimum absolute atomic E-state index is 0.225. The molecule has 0 radical (unpaired) electrons. The molecule has 0 saturated carbocycles. The molecule has 0 saturated heterocycles. The van der Waals surface area contributed by atoms with Gasteiger partial charge in [0.15, 0.2) is 0 Å². The van der Waals surface area contributed by atoms with E-state index in [0.717, 1.165) is 18.2 Å². The van der Waals surface area contributed by atoms with E-state index in [4.69, 9.17) is 5.26 Å². The van der Waals surface area contributed by atoms with Crippen LogP contribution in [0.15, 0.2) is 47.4 Å². The summed E-state index contributed by atoms with van der Waals surface area (Å²) >= 11 is 0. The van der Waals surface area contributed by atoms with Gasteiger partial charge in [-0.3, -0.25) is 4.72 Å². The lowest BCUT2D eigenvalue weighted by atomic mass is 10.2. The third-order valence-electron chi connectivity index (χ3n) is 2.80. The van der Waals surface area contributed by atoms with Gasteiger partial charge in [-0.25, -0.2) is 12.8 Å². The lowest BCUT2D eigenvalue weighted by Crippen LogP contribution is -2.14. The van der Waals surface area contributed by atoms with E-state index >= 15 is 0 Å². The lowest BCUT2D eigenvalue weighted by Gasteiger charge is -2.11. The molecule has 0 fully saturated rings. The summed E-state index contributed by atoms with van der Waals surface area (Å²) in [7, 11) is -3.97. The summed E-state index contributed by atoms with van der Waals surface area (Å²) < 4.78 is 40.0. The van der Waals surface area contributed by atoms with Crippen LogP contribution in [0.1, 0.15) is 11.1 Å². The zero-order valence-corrected chi connectivity index (χ0v) is 11.6. The first-order valence-electron chi connectivity index (χ1n) is 5.89. The van der Waals surface area contributed by atoms with Crippen LogP contribution in [0.5, 0.6) is 0 Å². The number of para-hydroxylation sites is 1. The number of benzene rings is 2. The van der Waals surface area contributed by atoms with Crippen molar-refractivity contribution in [1.82, 2.24) is 0 Å². The van der Waals surface area contributed by atoms with E-state index in [2.05, 4.69) is 4.72 Å². The highest BCUT2D eigenvalue weighted by Gasteiger charge is 2.17. The average Bonchev–Trinajstić information content (AvgIpc) is 2.47. The van der Waals surface area contributed by atoms with E-state index in [1.165, 1.54) is 6.07 Å². The maximum absolute atomic E-state index is 13.2. The van der Waals surface area contributed by atoms with Crippen LogP contribution in [-0.4, -0.2) is 13.5 Å². The van der Waals surface area contributed by atoms with Gasteiger partial charge in [0.25, 0.3) is 10.0 Å². The van der Waals surface area contributed by atoms with Crippen molar-refractivity contribution in [3.63, 3.8) is 0 Å². The summed E-state index contributed by atoms with van der Waals surface area (Å²) in [6.07, 6.45) is 0. The number of aliphatic hydroxyl groups excluding tert-OH is 1. The van der Waals surface area contributed by atoms with Gasteiger partial charge in [-0.1, -0.05) is 18.2 Å². The van der Waals surface area contributed by atoms with Crippen LogP contribution in [0.25, 0.3) is 0 Å². The molecule has 2 aromatic rings. The first-order valence-corrected chi connectivity index (χ1v) is 7.37. The predicted octanol–water partition coefficient (Wildman–Crippen LogP) is 1.99. The van der Waals surface area contributed by atoms with E-state index in [-0.39, 0.29) is 22.8 Å². The Balaban J connectivity index is 2.41. The molecule has 2 N–H and O–H groups in total. The number of hydrogen-bond donors (Lipinski definition) is 2. The zero-order chi connectivity index (χ0) is 15.5. The first kappa shape index (κ1) is 15.0. The molecule has 0 atom stereocenters. The normalized spacial score (nSPS) is 10.9. The third kappa shape index (κ3) is 3.18. The maximum atomic E-state index is 13.2. The summed E-state index contributed by atoms with van der Waals surface area (Å²) in [4.78, 5) is -0.229. The number of sulfonamides is 1. The Labute approximate surface area is 121 Å². The minimum atomic E-state index is -3.97. The smallest absolute Gasteiger partial charge is 0.261 e. The third-order valence-corrected chi connectivity index (χ3v) is 4.16.